The van der Waals surface area contributed by atoms with Crippen LogP contribution in [0.5, 0.6) is 5.75 Å². The fourth-order valence-electron chi connectivity index (χ4n) is 4.09. The maximum atomic E-state index is 12.0. The van der Waals surface area contributed by atoms with Crippen molar-refractivity contribution in [3.05, 3.63) is 28.8 Å². The molecule has 0 heterocycles. The van der Waals surface area contributed by atoms with Gasteiger partial charge in [-0.15, -0.1) is 0 Å². The summed E-state index contributed by atoms with van der Waals surface area (Å²) in [5.41, 5.74) is 2.26. The first-order valence-electron chi connectivity index (χ1n) is 8.22. The molecule has 1 fully saturated rings. The SMILES string of the molecule is O=C(O)C1(c2cc3c(cc2O)CCCCC3)CCCCC1. The molecule has 0 aliphatic heterocycles. The van der Waals surface area contributed by atoms with E-state index in [9.17, 15) is 15.0 Å². The van der Waals surface area contributed by atoms with E-state index in [1.165, 1.54) is 17.5 Å². The zero-order chi connectivity index (χ0) is 14.9. The lowest BCUT2D eigenvalue weighted by Gasteiger charge is -2.34. The molecular formula is C18H24O3. The monoisotopic (exact) mass is 288 g/mol. The summed E-state index contributed by atoms with van der Waals surface area (Å²) >= 11 is 0. The van der Waals surface area contributed by atoms with Crippen LogP contribution in [-0.2, 0) is 23.1 Å². The number of aromatic hydroxyl groups is 1. The Kier molecular flexibility index (Phi) is 3.92. The molecule has 1 aromatic carbocycles. The minimum Gasteiger partial charge on any atom is -0.508 e. The Morgan fingerprint density at radius 2 is 1.48 bits per heavy atom. The van der Waals surface area contributed by atoms with E-state index in [0.717, 1.165) is 44.9 Å². The second-order valence-electron chi connectivity index (χ2n) is 6.65. The third-order valence-corrected chi connectivity index (χ3v) is 5.34. The highest BCUT2D eigenvalue weighted by Crippen LogP contribution is 2.44. The molecule has 0 amide bonds. The third-order valence-electron chi connectivity index (χ3n) is 5.34. The standard InChI is InChI=1S/C18H24O3/c19-16-12-14-8-4-1-3-7-13(14)11-15(16)18(17(20)21)9-5-2-6-10-18/h11-12,19H,1-10H2,(H,20,21). The molecule has 2 N–H and O–H groups in total. The molecule has 1 saturated carbocycles. The number of hydrogen-bond acceptors (Lipinski definition) is 2. The molecule has 3 rings (SSSR count). The topological polar surface area (TPSA) is 57.5 Å². The van der Waals surface area contributed by atoms with Gasteiger partial charge in [-0.2, -0.15) is 0 Å². The smallest absolute Gasteiger partial charge is 0.314 e. The molecule has 0 saturated heterocycles. The van der Waals surface area contributed by atoms with E-state index in [1.54, 1.807) is 0 Å². The van der Waals surface area contributed by atoms with Crippen molar-refractivity contribution in [2.24, 2.45) is 0 Å². The van der Waals surface area contributed by atoms with Gasteiger partial charge in [-0.1, -0.05) is 31.7 Å². The fraction of sp³-hybridized carbons (Fsp3) is 0.611. The number of benzene rings is 1. The van der Waals surface area contributed by atoms with Gasteiger partial charge in [0.15, 0.2) is 0 Å². The van der Waals surface area contributed by atoms with Crippen molar-refractivity contribution in [3.8, 4) is 5.75 Å². The van der Waals surface area contributed by atoms with Crippen molar-refractivity contribution >= 4 is 5.97 Å². The Bertz CT molecular complexity index is 542. The third kappa shape index (κ3) is 2.54. The van der Waals surface area contributed by atoms with Crippen LogP contribution in [0.2, 0.25) is 0 Å². The van der Waals surface area contributed by atoms with Crippen molar-refractivity contribution in [1.29, 1.82) is 0 Å². The van der Waals surface area contributed by atoms with Crippen LogP contribution < -0.4 is 0 Å². The number of phenols is 1. The summed E-state index contributed by atoms with van der Waals surface area (Å²) in [5.74, 6) is -0.578. The van der Waals surface area contributed by atoms with Gasteiger partial charge >= 0.3 is 5.97 Å². The van der Waals surface area contributed by atoms with E-state index >= 15 is 0 Å². The quantitative estimate of drug-likeness (QED) is 0.810. The van der Waals surface area contributed by atoms with Crippen LogP contribution in [0.25, 0.3) is 0 Å². The molecule has 21 heavy (non-hydrogen) atoms. The predicted octanol–water partition coefficient (Wildman–Crippen LogP) is 3.95. The van der Waals surface area contributed by atoms with E-state index in [4.69, 9.17) is 0 Å². The van der Waals surface area contributed by atoms with Crippen molar-refractivity contribution in [2.45, 2.75) is 69.6 Å². The predicted molar refractivity (Wildman–Crippen MR) is 81.8 cm³/mol. The van der Waals surface area contributed by atoms with Crippen LogP contribution in [0, 0.1) is 0 Å². The van der Waals surface area contributed by atoms with Crippen molar-refractivity contribution in [1.82, 2.24) is 0 Å². The summed E-state index contributed by atoms with van der Waals surface area (Å²) in [6.07, 6.45) is 9.82. The van der Waals surface area contributed by atoms with E-state index in [2.05, 4.69) is 0 Å². The molecule has 0 bridgehead atoms. The lowest BCUT2D eigenvalue weighted by atomic mass is 9.68. The average Bonchev–Trinajstić information content (AvgIpc) is 2.71. The minimum absolute atomic E-state index is 0.194. The molecule has 114 valence electrons. The lowest BCUT2D eigenvalue weighted by Crippen LogP contribution is -2.38. The Balaban J connectivity index is 2.07. The highest BCUT2D eigenvalue weighted by molar-refractivity contribution is 5.83. The molecule has 3 heteroatoms. The molecule has 3 nitrogen and oxygen atoms in total. The average molecular weight is 288 g/mol. The lowest BCUT2D eigenvalue weighted by molar-refractivity contribution is -0.145. The molecule has 2 aliphatic rings. The molecular weight excluding hydrogens is 264 g/mol. The Morgan fingerprint density at radius 3 is 2.10 bits per heavy atom. The van der Waals surface area contributed by atoms with Gasteiger partial charge in [0.25, 0.3) is 0 Å². The second-order valence-corrected chi connectivity index (χ2v) is 6.65. The van der Waals surface area contributed by atoms with Crippen molar-refractivity contribution in [3.63, 3.8) is 0 Å². The van der Waals surface area contributed by atoms with Gasteiger partial charge in [-0.25, -0.2) is 0 Å². The van der Waals surface area contributed by atoms with Crippen LogP contribution in [0.3, 0.4) is 0 Å². The molecule has 2 aliphatic carbocycles. The van der Waals surface area contributed by atoms with Gasteiger partial charge in [0, 0.05) is 5.56 Å². The first-order chi connectivity index (χ1) is 10.1. The van der Waals surface area contributed by atoms with E-state index in [0.29, 0.717) is 18.4 Å². The number of carboxylic acids is 1. The van der Waals surface area contributed by atoms with Gasteiger partial charge < -0.3 is 10.2 Å². The van der Waals surface area contributed by atoms with Gasteiger partial charge in [0.1, 0.15) is 5.75 Å². The molecule has 0 unspecified atom stereocenters. The number of carboxylic acid groups (broad SMARTS) is 1. The molecule has 0 radical (unpaired) electrons. The maximum absolute atomic E-state index is 12.0. The first kappa shape index (κ1) is 14.4. The summed E-state index contributed by atoms with van der Waals surface area (Å²) in [4.78, 5) is 12.0. The Hall–Kier alpha value is -1.51. The summed E-state index contributed by atoms with van der Waals surface area (Å²) in [6.45, 7) is 0. The number of phenolic OH excluding ortho intramolecular Hbond substituents is 1. The molecule has 0 spiro atoms. The molecule has 1 aromatic rings. The maximum Gasteiger partial charge on any atom is 0.314 e. The highest BCUT2D eigenvalue weighted by atomic mass is 16.4. The highest BCUT2D eigenvalue weighted by Gasteiger charge is 2.43. The molecule has 0 atom stereocenters. The number of aliphatic carboxylic acids is 1. The van der Waals surface area contributed by atoms with Crippen molar-refractivity contribution in [2.75, 3.05) is 0 Å². The summed E-state index contributed by atoms with van der Waals surface area (Å²) in [7, 11) is 0. The van der Waals surface area contributed by atoms with E-state index < -0.39 is 11.4 Å². The van der Waals surface area contributed by atoms with Crippen LogP contribution in [-0.4, -0.2) is 16.2 Å². The summed E-state index contributed by atoms with van der Waals surface area (Å²) < 4.78 is 0. The van der Waals surface area contributed by atoms with Gasteiger partial charge in [-0.3, -0.25) is 4.79 Å². The number of rotatable bonds is 2. The van der Waals surface area contributed by atoms with Crippen molar-refractivity contribution < 1.29 is 15.0 Å². The van der Waals surface area contributed by atoms with E-state index in [1.807, 2.05) is 12.1 Å². The minimum atomic E-state index is -0.871. The second kappa shape index (κ2) is 5.70. The Labute approximate surface area is 126 Å². The Morgan fingerprint density at radius 1 is 0.905 bits per heavy atom. The summed E-state index contributed by atoms with van der Waals surface area (Å²) in [5, 5.41) is 20.3. The van der Waals surface area contributed by atoms with Crippen LogP contribution in [0.15, 0.2) is 12.1 Å². The summed E-state index contributed by atoms with van der Waals surface area (Å²) in [6, 6.07) is 3.85. The normalized spacial score (nSPS) is 21.3. The van der Waals surface area contributed by atoms with Gasteiger partial charge in [0.2, 0.25) is 0 Å². The number of hydrogen-bond donors (Lipinski definition) is 2. The van der Waals surface area contributed by atoms with Crippen LogP contribution in [0.4, 0.5) is 0 Å². The molecule has 0 aromatic heterocycles. The number of aryl methyl sites for hydroxylation is 2. The van der Waals surface area contributed by atoms with Gasteiger partial charge in [-0.05, 0) is 55.7 Å². The zero-order valence-corrected chi connectivity index (χ0v) is 12.5. The fourth-order valence-corrected chi connectivity index (χ4v) is 4.09. The number of fused-ring (bicyclic) bond motifs is 1. The van der Waals surface area contributed by atoms with E-state index in [-0.39, 0.29) is 5.75 Å². The van der Waals surface area contributed by atoms with Crippen LogP contribution >= 0.6 is 0 Å². The zero-order valence-electron chi connectivity index (χ0n) is 12.5. The van der Waals surface area contributed by atoms with Crippen LogP contribution in [0.1, 0.15) is 68.1 Å². The van der Waals surface area contributed by atoms with Gasteiger partial charge in [0.05, 0.1) is 5.41 Å². The largest absolute Gasteiger partial charge is 0.508 e. The first-order valence-corrected chi connectivity index (χ1v) is 8.22. The number of carbonyl (C=O) groups is 1.